The van der Waals surface area contributed by atoms with Crippen LogP contribution in [0.15, 0.2) is 255 Å². The highest BCUT2D eigenvalue weighted by atomic mass is 15.1. The summed E-state index contributed by atoms with van der Waals surface area (Å²) in [6, 6.07) is 94.0. The minimum atomic E-state index is 1.09. The number of rotatable bonds is 6. The van der Waals surface area contributed by atoms with Gasteiger partial charge in [0.05, 0.1) is 22.4 Å². The van der Waals surface area contributed by atoms with Crippen molar-refractivity contribution in [2.24, 2.45) is 0 Å². The Morgan fingerprint density at radius 2 is 0.706 bits per heavy atom. The van der Waals surface area contributed by atoms with Gasteiger partial charge in [-0.25, -0.2) is 0 Å². The summed E-state index contributed by atoms with van der Waals surface area (Å²) in [5, 5.41) is 17.3. The van der Waals surface area contributed by atoms with Crippen LogP contribution in [-0.2, 0) is 0 Å². The number of hydrogen-bond acceptors (Lipinski definition) is 1. The molecule has 0 aliphatic heterocycles. The number of benzene rings is 13. The highest BCUT2D eigenvalue weighted by molar-refractivity contribution is 6.28. The average Bonchev–Trinajstić information content (AvgIpc) is 3.77. The second kappa shape index (κ2) is 15.3. The van der Waals surface area contributed by atoms with Crippen LogP contribution in [0.1, 0.15) is 0 Å². The minimum Gasteiger partial charge on any atom is -0.309 e. The first-order chi connectivity index (χ1) is 33.7. The third-order valence-corrected chi connectivity index (χ3v) is 14.3. The van der Waals surface area contributed by atoms with E-state index in [1.54, 1.807) is 0 Å². The van der Waals surface area contributed by atoms with Gasteiger partial charge in [0.2, 0.25) is 0 Å². The summed E-state index contributed by atoms with van der Waals surface area (Å²) in [7, 11) is 0. The topological polar surface area (TPSA) is 8.17 Å². The molecule has 14 aromatic rings. The Morgan fingerprint density at radius 1 is 0.265 bits per heavy atom. The first kappa shape index (κ1) is 38.3. The van der Waals surface area contributed by atoms with Gasteiger partial charge in [-0.15, -0.1) is 0 Å². The maximum atomic E-state index is 2.53. The van der Waals surface area contributed by atoms with Crippen LogP contribution in [0.25, 0.3) is 114 Å². The summed E-state index contributed by atoms with van der Waals surface area (Å²) in [6.45, 7) is 0. The minimum absolute atomic E-state index is 1.09. The van der Waals surface area contributed by atoms with E-state index in [0.29, 0.717) is 0 Å². The van der Waals surface area contributed by atoms with E-state index in [4.69, 9.17) is 0 Å². The van der Waals surface area contributed by atoms with Crippen molar-refractivity contribution in [3.05, 3.63) is 255 Å². The van der Waals surface area contributed by atoms with Crippen LogP contribution < -0.4 is 4.90 Å². The van der Waals surface area contributed by atoms with Crippen molar-refractivity contribution in [1.29, 1.82) is 0 Å². The van der Waals surface area contributed by atoms with Gasteiger partial charge in [-0.3, -0.25) is 0 Å². The molecular weight excluding hydrogens is 821 g/mol. The van der Waals surface area contributed by atoms with Crippen LogP contribution in [-0.4, -0.2) is 4.57 Å². The van der Waals surface area contributed by atoms with Crippen molar-refractivity contribution in [3.63, 3.8) is 0 Å². The molecule has 68 heavy (non-hydrogen) atoms. The number of hydrogen-bond donors (Lipinski definition) is 0. The van der Waals surface area contributed by atoms with Gasteiger partial charge in [-0.05, 0) is 125 Å². The molecule has 0 unspecified atom stereocenters. The van der Waals surface area contributed by atoms with E-state index >= 15 is 0 Å². The summed E-state index contributed by atoms with van der Waals surface area (Å²) in [5.41, 5.74) is 11.6. The molecule has 0 amide bonds. The molecule has 0 aliphatic rings. The Morgan fingerprint density at radius 3 is 1.37 bits per heavy atom. The van der Waals surface area contributed by atoms with Gasteiger partial charge in [0.1, 0.15) is 0 Å². The normalized spacial score (nSPS) is 11.8. The maximum absolute atomic E-state index is 2.53. The Bertz CT molecular complexity index is 4260. The Labute approximate surface area is 393 Å². The summed E-state index contributed by atoms with van der Waals surface area (Å²) >= 11 is 0. The lowest BCUT2D eigenvalue weighted by Crippen LogP contribution is -2.11. The number of para-hydroxylation sites is 1. The molecule has 0 fully saturated rings. The molecular formula is C66H42N2. The largest absolute Gasteiger partial charge is 0.309 e. The Balaban J connectivity index is 1.09. The predicted molar refractivity (Wildman–Crippen MR) is 291 cm³/mol. The molecule has 316 valence electrons. The van der Waals surface area contributed by atoms with Crippen LogP contribution in [0.2, 0.25) is 0 Å². The summed E-state index contributed by atoms with van der Waals surface area (Å²) in [4.78, 5) is 2.53. The lowest BCUT2D eigenvalue weighted by atomic mass is 9.92. The second-order valence-corrected chi connectivity index (χ2v) is 18.0. The predicted octanol–water partition coefficient (Wildman–Crippen LogP) is 18.5. The highest BCUT2D eigenvalue weighted by Gasteiger charge is 2.26. The molecule has 0 radical (unpaired) electrons. The zero-order valence-corrected chi connectivity index (χ0v) is 37.1. The molecule has 14 rings (SSSR count). The molecule has 2 heteroatoms. The van der Waals surface area contributed by atoms with Crippen LogP contribution in [0.3, 0.4) is 0 Å². The van der Waals surface area contributed by atoms with Crippen LogP contribution in [0.4, 0.5) is 17.1 Å². The number of nitrogens with zero attached hydrogens (tertiary/aromatic N) is 2. The van der Waals surface area contributed by atoms with Crippen molar-refractivity contribution in [3.8, 4) is 27.9 Å². The van der Waals surface area contributed by atoms with Gasteiger partial charge >= 0.3 is 0 Å². The fourth-order valence-corrected chi connectivity index (χ4v) is 11.2. The summed E-state index contributed by atoms with van der Waals surface area (Å²) in [6.07, 6.45) is 0. The molecule has 13 aromatic carbocycles. The lowest BCUT2D eigenvalue weighted by Gasteiger charge is -2.29. The lowest BCUT2D eigenvalue weighted by molar-refractivity contribution is 1.19. The molecule has 0 N–H and O–H groups in total. The number of aromatic nitrogens is 1. The molecule has 0 saturated heterocycles. The molecule has 1 aromatic heterocycles. The van der Waals surface area contributed by atoms with Crippen molar-refractivity contribution in [2.45, 2.75) is 0 Å². The van der Waals surface area contributed by atoms with E-state index in [2.05, 4.69) is 264 Å². The van der Waals surface area contributed by atoms with Gasteiger partial charge in [0.15, 0.2) is 0 Å². The fraction of sp³-hybridized carbons (Fsp3) is 0. The van der Waals surface area contributed by atoms with E-state index in [1.165, 1.54) is 103 Å². The summed E-state index contributed by atoms with van der Waals surface area (Å²) in [5.74, 6) is 0. The number of anilines is 3. The smallest absolute Gasteiger partial charge is 0.0640 e. The fourth-order valence-electron chi connectivity index (χ4n) is 11.2. The van der Waals surface area contributed by atoms with Crippen LogP contribution in [0.5, 0.6) is 0 Å². The van der Waals surface area contributed by atoms with Crippen molar-refractivity contribution in [1.82, 2.24) is 4.57 Å². The maximum Gasteiger partial charge on any atom is 0.0640 e. The van der Waals surface area contributed by atoms with Gasteiger partial charge in [-0.1, -0.05) is 206 Å². The molecule has 0 aliphatic carbocycles. The molecule has 0 saturated carbocycles. The monoisotopic (exact) mass is 862 g/mol. The highest BCUT2D eigenvalue weighted by Crippen LogP contribution is 2.50. The van der Waals surface area contributed by atoms with Crippen molar-refractivity contribution < 1.29 is 0 Å². The third kappa shape index (κ3) is 5.91. The third-order valence-electron chi connectivity index (χ3n) is 14.3. The standard InChI is InChI=1S/C66H42N2/c1-3-17-43(18-4-1)44-31-35-50(36-32-44)67(62-41-47-19-7-9-23-51(47)53-25-15-16-30-59(53)62)64-42-48-20-8-10-24-52(48)66-65(64)60-38-34-46(40-63(60)68(66)49-21-5-2-6-22-49)45-33-37-58-56-28-12-11-26-54(56)55-27-13-14-29-57(55)61(58)39-45/h1-42H. The Hall–Kier alpha value is -8.98. The SMILES string of the molecule is c1ccc(-c2ccc(N(c3cc4ccccc4c4ccccc34)c3cc4ccccc4c4c3c3ccc(-c5ccc6c7ccccc7c7ccccc7c6c5)cc3n4-c3ccccc3)cc2)cc1. The summed E-state index contributed by atoms with van der Waals surface area (Å²) < 4.78 is 2.51. The molecule has 2 nitrogen and oxygen atoms in total. The van der Waals surface area contributed by atoms with Gasteiger partial charge in [0.25, 0.3) is 0 Å². The van der Waals surface area contributed by atoms with E-state index in [9.17, 15) is 0 Å². The quantitative estimate of drug-likeness (QED) is 0.151. The zero-order chi connectivity index (χ0) is 44.7. The van der Waals surface area contributed by atoms with Crippen LogP contribution >= 0.6 is 0 Å². The van der Waals surface area contributed by atoms with Gasteiger partial charge < -0.3 is 9.47 Å². The number of fused-ring (bicyclic) bond motifs is 14. The van der Waals surface area contributed by atoms with E-state index in [1.807, 2.05) is 0 Å². The van der Waals surface area contributed by atoms with Crippen molar-refractivity contribution in [2.75, 3.05) is 4.90 Å². The van der Waals surface area contributed by atoms with Gasteiger partial charge in [0, 0.05) is 32.9 Å². The van der Waals surface area contributed by atoms with Crippen LogP contribution in [0, 0.1) is 0 Å². The Kier molecular flexibility index (Phi) is 8.62. The first-order valence-electron chi connectivity index (χ1n) is 23.5. The first-order valence-corrected chi connectivity index (χ1v) is 23.5. The second-order valence-electron chi connectivity index (χ2n) is 18.0. The zero-order valence-electron chi connectivity index (χ0n) is 37.1. The van der Waals surface area contributed by atoms with E-state index in [-0.39, 0.29) is 0 Å². The van der Waals surface area contributed by atoms with E-state index in [0.717, 1.165) is 28.3 Å². The molecule has 0 spiro atoms. The molecule has 0 atom stereocenters. The molecule has 1 heterocycles. The van der Waals surface area contributed by atoms with Gasteiger partial charge in [-0.2, -0.15) is 0 Å². The van der Waals surface area contributed by atoms with Crippen molar-refractivity contribution >= 4 is 104 Å². The average molecular weight is 863 g/mol. The molecule has 0 bridgehead atoms. The van der Waals surface area contributed by atoms with E-state index < -0.39 is 0 Å².